The maximum atomic E-state index is 12.2. The summed E-state index contributed by atoms with van der Waals surface area (Å²) in [6, 6.07) is 3.40. The molecule has 1 aromatic heterocycles. The Labute approximate surface area is 109 Å². The Morgan fingerprint density at radius 2 is 1.89 bits per heavy atom. The fourth-order valence-corrected chi connectivity index (χ4v) is 1.62. The van der Waals surface area contributed by atoms with Crippen molar-refractivity contribution in [3.63, 3.8) is 0 Å². The lowest BCUT2D eigenvalue weighted by molar-refractivity contribution is -0.139. The zero-order chi connectivity index (χ0) is 14.3. The Morgan fingerprint density at radius 1 is 1.26 bits per heavy atom. The highest BCUT2D eigenvalue weighted by atomic mass is 19.4. The molecule has 0 aromatic carbocycles. The minimum atomic E-state index is -4.24. The fraction of sp³-hybridized carbons (Fsp3) is 0.583. The van der Waals surface area contributed by atoms with Crippen LogP contribution in [0.2, 0.25) is 0 Å². The van der Waals surface area contributed by atoms with Crippen LogP contribution in [0.3, 0.4) is 0 Å². The molecule has 0 radical (unpaired) electrons. The van der Waals surface area contributed by atoms with Crippen LogP contribution in [-0.4, -0.2) is 52.1 Å². The predicted octanol–water partition coefficient (Wildman–Crippen LogP) is 1.19. The third kappa shape index (κ3) is 7.09. The van der Waals surface area contributed by atoms with Crippen molar-refractivity contribution in [2.75, 3.05) is 19.7 Å². The van der Waals surface area contributed by atoms with Gasteiger partial charge in [-0.25, -0.2) is 0 Å². The van der Waals surface area contributed by atoms with Gasteiger partial charge in [0.2, 0.25) is 0 Å². The van der Waals surface area contributed by atoms with Gasteiger partial charge in [0.15, 0.2) is 0 Å². The average molecular weight is 278 g/mol. The summed E-state index contributed by atoms with van der Waals surface area (Å²) in [6.07, 6.45) is -3.12. The maximum absolute atomic E-state index is 12.2. The van der Waals surface area contributed by atoms with Gasteiger partial charge >= 0.3 is 6.18 Å². The average Bonchev–Trinajstić information content (AvgIpc) is 2.36. The molecule has 0 spiro atoms. The van der Waals surface area contributed by atoms with Crippen molar-refractivity contribution in [2.24, 2.45) is 0 Å². The molecule has 19 heavy (non-hydrogen) atoms. The smallest absolute Gasteiger partial charge is 0.390 e. The third-order valence-electron chi connectivity index (χ3n) is 2.55. The third-order valence-corrected chi connectivity index (χ3v) is 2.55. The van der Waals surface area contributed by atoms with Gasteiger partial charge in [-0.2, -0.15) is 13.2 Å². The molecule has 1 heterocycles. The normalized spacial score (nSPS) is 13.8. The number of nitrogens with zero attached hydrogens (tertiary/aromatic N) is 2. The largest absolute Gasteiger partial charge is 0.394 e. The molecule has 4 nitrogen and oxygen atoms in total. The molecule has 0 amide bonds. The molecule has 108 valence electrons. The first-order valence-electron chi connectivity index (χ1n) is 5.87. The van der Waals surface area contributed by atoms with Gasteiger partial charge in [0.05, 0.1) is 19.1 Å². The zero-order valence-electron chi connectivity index (χ0n) is 10.3. The summed E-state index contributed by atoms with van der Waals surface area (Å²) < 4.78 is 36.7. The van der Waals surface area contributed by atoms with E-state index in [0.29, 0.717) is 0 Å². The SMILES string of the molecule is OC[C@@H](O)CN(CCC(F)(F)F)Cc1ccncc1. The van der Waals surface area contributed by atoms with Crippen LogP contribution >= 0.6 is 0 Å². The second kappa shape index (κ2) is 7.42. The molecule has 7 heteroatoms. The number of aliphatic hydroxyl groups excluding tert-OH is 2. The van der Waals surface area contributed by atoms with Gasteiger partial charge in [-0.3, -0.25) is 9.88 Å². The summed E-state index contributed by atoms with van der Waals surface area (Å²) in [5.74, 6) is 0. The topological polar surface area (TPSA) is 56.6 Å². The van der Waals surface area contributed by atoms with E-state index >= 15 is 0 Å². The van der Waals surface area contributed by atoms with Crippen molar-refractivity contribution >= 4 is 0 Å². The predicted molar refractivity (Wildman–Crippen MR) is 63.3 cm³/mol. The molecular weight excluding hydrogens is 261 g/mol. The van der Waals surface area contributed by atoms with Crippen LogP contribution in [0.5, 0.6) is 0 Å². The molecule has 0 fully saturated rings. The molecule has 0 aliphatic carbocycles. The Morgan fingerprint density at radius 3 is 2.42 bits per heavy atom. The first-order chi connectivity index (χ1) is 8.90. The van der Waals surface area contributed by atoms with Crippen molar-refractivity contribution < 1.29 is 23.4 Å². The van der Waals surface area contributed by atoms with E-state index in [1.54, 1.807) is 24.5 Å². The van der Waals surface area contributed by atoms with Crippen LogP contribution in [-0.2, 0) is 6.54 Å². The number of pyridine rings is 1. The summed E-state index contributed by atoms with van der Waals surface area (Å²) in [4.78, 5) is 5.29. The highest BCUT2D eigenvalue weighted by Gasteiger charge is 2.28. The van der Waals surface area contributed by atoms with Gasteiger partial charge in [-0.15, -0.1) is 0 Å². The summed E-state index contributed by atoms with van der Waals surface area (Å²) in [7, 11) is 0. The van der Waals surface area contributed by atoms with E-state index in [0.717, 1.165) is 5.56 Å². The number of alkyl halides is 3. The number of halogens is 3. The van der Waals surface area contributed by atoms with E-state index in [9.17, 15) is 18.3 Å². The highest BCUT2D eigenvalue weighted by molar-refractivity contribution is 5.09. The molecule has 2 N–H and O–H groups in total. The van der Waals surface area contributed by atoms with Crippen LogP contribution in [0.25, 0.3) is 0 Å². The maximum Gasteiger partial charge on any atom is 0.390 e. The Hall–Kier alpha value is -1.18. The molecule has 1 rings (SSSR count). The number of aromatic nitrogens is 1. The second-order valence-corrected chi connectivity index (χ2v) is 4.29. The minimum absolute atomic E-state index is 0.00506. The Balaban J connectivity index is 2.58. The molecule has 1 atom stereocenters. The monoisotopic (exact) mass is 278 g/mol. The van der Waals surface area contributed by atoms with Gasteiger partial charge in [-0.1, -0.05) is 0 Å². The lowest BCUT2D eigenvalue weighted by Gasteiger charge is -2.24. The number of hydrogen-bond donors (Lipinski definition) is 2. The molecule has 0 unspecified atom stereocenters. The first kappa shape index (κ1) is 15.9. The van der Waals surface area contributed by atoms with Crippen LogP contribution in [0, 0.1) is 0 Å². The van der Waals surface area contributed by atoms with Gasteiger partial charge in [0, 0.05) is 32.0 Å². The van der Waals surface area contributed by atoms with E-state index < -0.39 is 25.3 Å². The van der Waals surface area contributed by atoms with E-state index in [4.69, 9.17) is 5.11 Å². The van der Waals surface area contributed by atoms with Crippen molar-refractivity contribution in [3.8, 4) is 0 Å². The van der Waals surface area contributed by atoms with E-state index in [2.05, 4.69) is 4.98 Å². The van der Waals surface area contributed by atoms with E-state index in [-0.39, 0.29) is 19.6 Å². The van der Waals surface area contributed by atoms with Crippen molar-refractivity contribution in [1.29, 1.82) is 0 Å². The standard InChI is InChI=1S/C12H17F3N2O2/c13-12(14,15)3-6-17(8-11(19)9-18)7-10-1-4-16-5-2-10/h1-2,4-5,11,18-19H,3,6-9H2/t11-/m0/s1. The van der Waals surface area contributed by atoms with Gasteiger partial charge in [0.25, 0.3) is 0 Å². The number of aliphatic hydroxyl groups is 2. The Bertz CT molecular complexity index is 360. The molecule has 0 saturated heterocycles. The molecule has 1 aromatic rings. The molecule has 0 saturated carbocycles. The summed E-state index contributed by atoms with van der Waals surface area (Å²) >= 11 is 0. The van der Waals surface area contributed by atoms with Crippen molar-refractivity contribution in [1.82, 2.24) is 9.88 Å². The zero-order valence-corrected chi connectivity index (χ0v) is 10.3. The summed E-state index contributed by atoms with van der Waals surface area (Å²) in [5, 5.41) is 18.1. The summed E-state index contributed by atoms with van der Waals surface area (Å²) in [6.45, 7) is -0.424. The van der Waals surface area contributed by atoms with Crippen LogP contribution in [0.15, 0.2) is 24.5 Å². The lowest BCUT2D eigenvalue weighted by Crippen LogP contribution is -2.36. The molecule has 0 bridgehead atoms. The second-order valence-electron chi connectivity index (χ2n) is 4.29. The fourth-order valence-electron chi connectivity index (χ4n) is 1.62. The first-order valence-corrected chi connectivity index (χ1v) is 5.87. The van der Waals surface area contributed by atoms with Gasteiger partial charge < -0.3 is 10.2 Å². The number of hydrogen-bond acceptors (Lipinski definition) is 4. The quantitative estimate of drug-likeness (QED) is 0.786. The molecule has 0 aliphatic heterocycles. The van der Waals surface area contributed by atoms with Crippen LogP contribution in [0.1, 0.15) is 12.0 Å². The lowest BCUT2D eigenvalue weighted by atomic mass is 10.2. The highest BCUT2D eigenvalue weighted by Crippen LogP contribution is 2.20. The van der Waals surface area contributed by atoms with Crippen LogP contribution < -0.4 is 0 Å². The minimum Gasteiger partial charge on any atom is -0.394 e. The summed E-state index contributed by atoms with van der Waals surface area (Å²) in [5.41, 5.74) is 0.808. The van der Waals surface area contributed by atoms with E-state index in [1.165, 1.54) is 4.90 Å². The van der Waals surface area contributed by atoms with Crippen molar-refractivity contribution in [2.45, 2.75) is 25.2 Å². The van der Waals surface area contributed by atoms with Gasteiger partial charge in [-0.05, 0) is 17.7 Å². The molecule has 0 aliphatic rings. The Kier molecular flexibility index (Phi) is 6.20. The number of rotatable bonds is 7. The van der Waals surface area contributed by atoms with Crippen molar-refractivity contribution in [3.05, 3.63) is 30.1 Å². The van der Waals surface area contributed by atoms with Gasteiger partial charge in [0.1, 0.15) is 0 Å². The molecular formula is C12H17F3N2O2. The van der Waals surface area contributed by atoms with E-state index in [1.807, 2.05) is 0 Å². The van der Waals surface area contributed by atoms with Crippen LogP contribution in [0.4, 0.5) is 13.2 Å².